The van der Waals surface area contributed by atoms with E-state index in [-0.39, 0.29) is 5.91 Å². The summed E-state index contributed by atoms with van der Waals surface area (Å²) in [4.78, 5) is 13.5. The summed E-state index contributed by atoms with van der Waals surface area (Å²) in [5.74, 6) is -0.000856. The first-order valence-electron chi connectivity index (χ1n) is 4.65. The van der Waals surface area contributed by atoms with E-state index in [1.807, 2.05) is 0 Å². The van der Waals surface area contributed by atoms with Crippen molar-refractivity contribution in [1.82, 2.24) is 4.90 Å². The van der Waals surface area contributed by atoms with E-state index < -0.39 is 0 Å². The van der Waals surface area contributed by atoms with Crippen LogP contribution in [-0.2, 0) is 0 Å². The van der Waals surface area contributed by atoms with Gasteiger partial charge < -0.3 is 9.32 Å². The van der Waals surface area contributed by atoms with Crippen LogP contribution in [0.1, 0.15) is 30.1 Å². The number of hydrogen-bond acceptors (Lipinski definition) is 2. The van der Waals surface area contributed by atoms with Crippen molar-refractivity contribution in [3.8, 4) is 0 Å². The Hall–Kier alpha value is -0.770. The van der Waals surface area contributed by atoms with Gasteiger partial charge in [-0.2, -0.15) is 0 Å². The number of carbonyl (C=O) groups is 1. The van der Waals surface area contributed by atoms with E-state index in [1.165, 1.54) is 6.26 Å². The lowest BCUT2D eigenvalue weighted by atomic mass is 10.2. The fourth-order valence-electron chi connectivity index (χ4n) is 1.15. The van der Waals surface area contributed by atoms with Gasteiger partial charge in [-0.15, -0.1) is 0 Å². The SMILES string of the molecule is CCCCN(C)C(=O)c1ccoc1Br. The fraction of sp³-hybridized carbons (Fsp3) is 0.500. The molecule has 4 heteroatoms. The van der Waals surface area contributed by atoms with Gasteiger partial charge in [0, 0.05) is 13.6 Å². The first-order valence-corrected chi connectivity index (χ1v) is 5.44. The minimum Gasteiger partial charge on any atom is -0.457 e. The van der Waals surface area contributed by atoms with Crippen molar-refractivity contribution >= 4 is 21.8 Å². The maximum absolute atomic E-state index is 11.8. The van der Waals surface area contributed by atoms with Gasteiger partial charge in [0.2, 0.25) is 0 Å². The highest BCUT2D eigenvalue weighted by atomic mass is 79.9. The van der Waals surface area contributed by atoms with Crippen LogP contribution in [0.3, 0.4) is 0 Å². The molecule has 0 fully saturated rings. The second-order valence-electron chi connectivity index (χ2n) is 3.19. The van der Waals surface area contributed by atoms with Crippen LogP contribution in [-0.4, -0.2) is 24.4 Å². The Labute approximate surface area is 92.2 Å². The second-order valence-corrected chi connectivity index (χ2v) is 3.91. The molecular weight excluding hydrogens is 246 g/mol. The summed E-state index contributed by atoms with van der Waals surface area (Å²) in [6.07, 6.45) is 3.62. The summed E-state index contributed by atoms with van der Waals surface area (Å²) >= 11 is 3.19. The average Bonchev–Trinajstić information content (AvgIpc) is 2.59. The second kappa shape index (κ2) is 5.20. The van der Waals surface area contributed by atoms with Gasteiger partial charge in [0.1, 0.15) is 0 Å². The Morgan fingerprint density at radius 1 is 1.64 bits per heavy atom. The number of amides is 1. The molecule has 0 atom stereocenters. The van der Waals surface area contributed by atoms with Crippen molar-refractivity contribution in [2.45, 2.75) is 19.8 Å². The first kappa shape index (κ1) is 11.3. The maximum atomic E-state index is 11.8. The Morgan fingerprint density at radius 3 is 2.86 bits per heavy atom. The van der Waals surface area contributed by atoms with Crippen LogP contribution >= 0.6 is 15.9 Å². The van der Waals surface area contributed by atoms with Crippen LogP contribution in [0.2, 0.25) is 0 Å². The zero-order chi connectivity index (χ0) is 10.6. The van der Waals surface area contributed by atoms with Gasteiger partial charge in [0.05, 0.1) is 11.8 Å². The predicted octanol–water partition coefficient (Wildman–Crippen LogP) is 2.91. The van der Waals surface area contributed by atoms with Gasteiger partial charge in [0.25, 0.3) is 5.91 Å². The molecule has 14 heavy (non-hydrogen) atoms. The van der Waals surface area contributed by atoms with Crippen LogP contribution in [0.5, 0.6) is 0 Å². The molecule has 0 N–H and O–H groups in total. The summed E-state index contributed by atoms with van der Waals surface area (Å²) < 4.78 is 5.51. The lowest BCUT2D eigenvalue weighted by Crippen LogP contribution is -2.27. The van der Waals surface area contributed by atoms with Gasteiger partial charge in [-0.05, 0) is 28.4 Å². The smallest absolute Gasteiger partial charge is 0.258 e. The predicted molar refractivity (Wildman–Crippen MR) is 58.3 cm³/mol. The standard InChI is InChI=1S/C10H14BrNO2/c1-3-4-6-12(2)10(13)8-5-7-14-9(8)11/h5,7H,3-4,6H2,1-2H3. The van der Waals surface area contributed by atoms with Crippen molar-refractivity contribution in [3.63, 3.8) is 0 Å². The minimum absolute atomic E-state index is 0.000856. The molecule has 78 valence electrons. The summed E-state index contributed by atoms with van der Waals surface area (Å²) in [7, 11) is 1.80. The number of hydrogen-bond donors (Lipinski definition) is 0. The van der Waals surface area contributed by atoms with Gasteiger partial charge >= 0.3 is 0 Å². The Kier molecular flexibility index (Phi) is 4.20. The molecule has 0 aliphatic rings. The molecule has 1 heterocycles. The average molecular weight is 260 g/mol. The van der Waals surface area contributed by atoms with Crippen molar-refractivity contribution < 1.29 is 9.21 Å². The van der Waals surface area contributed by atoms with Gasteiger partial charge in [-0.1, -0.05) is 13.3 Å². The van der Waals surface area contributed by atoms with Crippen LogP contribution in [0.25, 0.3) is 0 Å². The Balaban J connectivity index is 2.61. The van der Waals surface area contributed by atoms with E-state index in [9.17, 15) is 4.79 Å². The molecular formula is C10H14BrNO2. The van der Waals surface area contributed by atoms with E-state index in [1.54, 1.807) is 18.0 Å². The molecule has 1 rings (SSSR count). The molecule has 1 aromatic heterocycles. The summed E-state index contributed by atoms with van der Waals surface area (Å²) in [6.45, 7) is 2.89. The zero-order valence-electron chi connectivity index (χ0n) is 8.42. The van der Waals surface area contributed by atoms with Gasteiger partial charge in [0.15, 0.2) is 4.67 Å². The van der Waals surface area contributed by atoms with E-state index in [4.69, 9.17) is 4.42 Å². The van der Waals surface area contributed by atoms with Crippen LogP contribution in [0, 0.1) is 0 Å². The Bertz CT molecular complexity index is 309. The van der Waals surface area contributed by atoms with Crippen molar-refractivity contribution in [3.05, 3.63) is 22.6 Å². The number of unbranched alkanes of at least 4 members (excludes halogenated alkanes) is 1. The van der Waals surface area contributed by atoms with Gasteiger partial charge in [-0.3, -0.25) is 4.79 Å². The lowest BCUT2D eigenvalue weighted by Gasteiger charge is -2.15. The largest absolute Gasteiger partial charge is 0.457 e. The highest BCUT2D eigenvalue weighted by molar-refractivity contribution is 9.10. The molecule has 0 bridgehead atoms. The number of nitrogens with zero attached hydrogens (tertiary/aromatic N) is 1. The van der Waals surface area contributed by atoms with E-state index >= 15 is 0 Å². The molecule has 3 nitrogen and oxygen atoms in total. The highest BCUT2D eigenvalue weighted by Crippen LogP contribution is 2.18. The molecule has 0 saturated heterocycles. The molecule has 0 aliphatic heterocycles. The van der Waals surface area contributed by atoms with Crippen LogP contribution < -0.4 is 0 Å². The third-order valence-electron chi connectivity index (χ3n) is 2.04. The fourth-order valence-corrected chi connectivity index (χ4v) is 1.56. The number of rotatable bonds is 4. The molecule has 1 aromatic rings. The Morgan fingerprint density at radius 2 is 2.36 bits per heavy atom. The lowest BCUT2D eigenvalue weighted by molar-refractivity contribution is 0.0791. The molecule has 0 saturated carbocycles. The van der Waals surface area contributed by atoms with Crippen LogP contribution in [0.4, 0.5) is 0 Å². The molecule has 0 unspecified atom stereocenters. The minimum atomic E-state index is -0.000856. The van der Waals surface area contributed by atoms with E-state index in [0.717, 1.165) is 19.4 Å². The zero-order valence-corrected chi connectivity index (χ0v) is 10.0. The molecule has 0 radical (unpaired) electrons. The molecule has 0 aromatic carbocycles. The molecule has 1 amide bonds. The topological polar surface area (TPSA) is 33.5 Å². The molecule has 0 aliphatic carbocycles. The van der Waals surface area contributed by atoms with E-state index in [2.05, 4.69) is 22.9 Å². The first-order chi connectivity index (χ1) is 6.66. The van der Waals surface area contributed by atoms with E-state index in [0.29, 0.717) is 10.2 Å². The molecule has 0 spiro atoms. The summed E-state index contributed by atoms with van der Waals surface area (Å²) in [5.41, 5.74) is 0.587. The number of halogens is 1. The van der Waals surface area contributed by atoms with Crippen LogP contribution in [0.15, 0.2) is 21.4 Å². The third-order valence-corrected chi connectivity index (χ3v) is 2.66. The number of furan rings is 1. The van der Waals surface area contributed by atoms with Crippen molar-refractivity contribution in [2.75, 3.05) is 13.6 Å². The van der Waals surface area contributed by atoms with Crippen molar-refractivity contribution in [2.24, 2.45) is 0 Å². The third kappa shape index (κ3) is 2.61. The summed E-state index contributed by atoms with van der Waals surface area (Å²) in [6, 6.07) is 1.68. The normalized spacial score (nSPS) is 10.2. The maximum Gasteiger partial charge on any atom is 0.258 e. The van der Waals surface area contributed by atoms with Gasteiger partial charge in [-0.25, -0.2) is 0 Å². The van der Waals surface area contributed by atoms with Crippen molar-refractivity contribution in [1.29, 1.82) is 0 Å². The number of carbonyl (C=O) groups excluding carboxylic acids is 1. The monoisotopic (exact) mass is 259 g/mol. The quantitative estimate of drug-likeness (QED) is 0.833. The summed E-state index contributed by atoms with van der Waals surface area (Å²) in [5, 5.41) is 0. The highest BCUT2D eigenvalue weighted by Gasteiger charge is 2.16.